The van der Waals surface area contributed by atoms with Crippen LogP contribution in [0.2, 0.25) is 0 Å². The maximum atomic E-state index is 6.73. The molecule has 0 saturated carbocycles. The van der Waals surface area contributed by atoms with Gasteiger partial charge in [0, 0.05) is 49.3 Å². The Morgan fingerprint density at radius 1 is 0.482 bits per heavy atom. The molecule has 11 rings (SSSR count). The first-order chi connectivity index (χ1) is 27.4. The quantitative estimate of drug-likeness (QED) is 0.176. The number of fused-ring (bicyclic) bond motifs is 9. The molecule has 2 atom stereocenters. The fraction of sp³-hybridized carbons (Fsp3) is 0.111. The zero-order valence-corrected chi connectivity index (χ0v) is 31.8. The normalized spacial score (nSPS) is 18.2. The summed E-state index contributed by atoms with van der Waals surface area (Å²) in [5.41, 5.74) is 12.8. The van der Waals surface area contributed by atoms with Gasteiger partial charge in [-0.2, -0.15) is 0 Å². The second kappa shape index (κ2) is 12.2. The number of benzene rings is 8. The van der Waals surface area contributed by atoms with E-state index in [0.717, 1.165) is 44.1 Å². The zero-order chi connectivity index (χ0) is 37.6. The van der Waals surface area contributed by atoms with E-state index in [1.165, 1.54) is 49.7 Å². The highest BCUT2D eigenvalue weighted by Crippen LogP contribution is 2.55. The van der Waals surface area contributed by atoms with Gasteiger partial charge in [-0.1, -0.05) is 178 Å². The largest absolute Gasteiger partial charge is 0.455 e. The molecular weight excluding hydrogens is 679 g/mol. The van der Waals surface area contributed by atoms with Crippen molar-refractivity contribution < 1.29 is 4.42 Å². The van der Waals surface area contributed by atoms with Crippen molar-refractivity contribution in [2.24, 2.45) is 0 Å². The number of anilines is 2. The first-order valence-corrected chi connectivity index (χ1v) is 19.7. The molecule has 56 heavy (non-hydrogen) atoms. The smallest absolute Gasteiger partial charge is 0.143 e. The van der Waals surface area contributed by atoms with E-state index in [1.54, 1.807) is 0 Å². The molecule has 2 unspecified atom stereocenters. The van der Waals surface area contributed by atoms with Crippen molar-refractivity contribution in [2.75, 3.05) is 4.90 Å². The summed E-state index contributed by atoms with van der Waals surface area (Å²) in [5.74, 6) is 0. The fourth-order valence-corrected chi connectivity index (χ4v) is 10.1. The minimum Gasteiger partial charge on any atom is -0.455 e. The van der Waals surface area contributed by atoms with Crippen LogP contribution in [0, 0.1) is 0 Å². The molecule has 2 heteroatoms. The van der Waals surface area contributed by atoms with Gasteiger partial charge in [-0.05, 0) is 75.3 Å². The summed E-state index contributed by atoms with van der Waals surface area (Å²) in [4.78, 5) is 2.62. The van der Waals surface area contributed by atoms with Crippen molar-refractivity contribution in [1.82, 2.24) is 0 Å². The summed E-state index contributed by atoms with van der Waals surface area (Å²) < 4.78 is 6.73. The van der Waals surface area contributed by atoms with Crippen molar-refractivity contribution in [3.05, 3.63) is 205 Å². The van der Waals surface area contributed by atoms with E-state index >= 15 is 0 Å². The van der Waals surface area contributed by atoms with Crippen molar-refractivity contribution in [1.29, 1.82) is 0 Å². The summed E-state index contributed by atoms with van der Waals surface area (Å²) >= 11 is 0. The number of hydrogen-bond acceptors (Lipinski definition) is 2. The SMILES string of the molecule is CC1(C)c2ccccc2-c2c1cccc2C1(C)C=CC=CC1N(c1ccccc1-c1cccc2oc3c4ccccc4ccc3c12)c1cccc2ccccc12. The predicted molar refractivity (Wildman–Crippen MR) is 236 cm³/mol. The predicted octanol–water partition coefficient (Wildman–Crippen LogP) is 14.5. The highest BCUT2D eigenvalue weighted by molar-refractivity contribution is 6.19. The lowest BCUT2D eigenvalue weighted by Crippen LogP contribution is -2.46. The molecule has 0 fully saturated rings. The van der Waals surface area contributed by atoms with Crippen LogP contribution in [-0.4, -0.2) is 6.04 Å². The molecule has 0 aliphatic heterocycles. The molecule has 0 bridgehead atoms. The molecule has 0 radical (unpaired) electrons. The second-order valence-corrected chi connectivity index (χ2v) is 16.2. The van der Waals surface area contributed by atoms with Gasteiger partial charge in [0.25, 0.3) is 0 Å². The number of nitrogens with zero attached hydrogens (tertiary/aromatic N) is 1. The van der Waals surface area contributed by atoms with Crippen LogP contribution in [0.5, 0.6) is 0 Å². The zero-order valence-electron chi connectivity index (χ0n) is 31.8. The third kappa shape index (κ3) is 4.62. The maximum absolute atomic E-state index is 6.73. The Morgan fingerprint density at radius 3 is 1.98 bits per heavy atom. The highest BCUT2D eigenvalue weighted by atomic mass is 16.3. The lowest BCUT2D eigenvalue weighted by atomic mass is 9.69. The van der Waals surface area contributed by atoms with E-state index in [2.05, 4.69) is 214 Å². The van der Waals surface area contributed by atoms with Crippen LogP contribution in [0.1, 0.15) is 37.5 Å². The Balaban J connectivity index is 1.19. The van der Waals surface area contributed by atoms with Gasteiger partial charge in [0.2, 0.25) is 0 Å². The first-order valence-electron chi connectivity index (χ1n) is 19.7. The number of hydrogen-bond donors (Lipinski definition) is 0. The number of para-hydroxylation sites is 1. The second-order valence-electron chi connectivity index (χ2n) is 16.2. The molecule has 0 saturated heterocycles. The minimum atomic E-state index is -0.412. The number of allylic oxidation sites excluding steroid dienone is 2. The molecule has 1 heterocycles. The molecule has 1 aromatic heterocycles. The van der Waals surface area contributed by atoms with Gasteiger partial charge in [-0.25, -0.2) is 0 Å². The van der Waals surface area contributed by atoms with E-state index in [-0.39, 0.29) is 11.5 Å². The standard InChI is InChI=1S/C54H41NO/c1-53(2)43-25-10-8-23-41(43)51-44(53)26-16-27-45(51)54(3)34-13-12-31-49(54)55(46-29-14-19-35-17-4-6-20-37(35)46)47-28-11-9-22-39(47)40-24-15-30-48-50(40)42-33-32-36-18-5-7-21-38(36)52(42)56-48/h4-34,49H,1-3H3. The lowest BCUT2D eigenvalue weighted by molar-refractivity contribution is 0.512. The molecule has 2 aliphatic carbocycles. The van der Waals surface area contributed by atoms with Crippen LogP contribution >= 0.6 is 0 Å². The third-order valence-corrected chi connectivity index (χ3v) is 12.8. The van der Waals surface area contributed by atoms with E-state index in [9.17, 15) is 0 Å². The molecule has 0 N–H and O–H groups in total. The average Bonchev–Trinajstić information content (AvgIpc) is 3.74. The first kappa shape index (κ1) is 32.8. The minimum absolute atomic E-state index is 0.0777. The Labute approximate surface area is 327 Å². The van der Waals surface area contributed by atoms with Crippen LogP contribution in [0.4, 0.5) is 11.4 Å². The summed E-state index contributed by atoms with van der Waals surface area (Å²) in [6, 6.07) is 59.9. The van der Waals surface area contributed by atoms with Crippen LogP contribution in [0.15, 0.2) is 193 Å². The van der Waals surface area contributed by atoms with E-state index in [1.807, 2.05) is 0 Å². The Hall–Kier alpha value is -6.64. The summed E-state index contributed by atoms with van der Waals surface area (Å²) in [7, 11) is 0. The molecular formula is C54H41NO. The van der Waals surface area contributed by atoms with Gasteiger partial charge in [-0.15, -0.1) is 0 Å². The number of furan rings is 1. The monoisotopic (exact) mass is 719 g/mol. The van der Waals surface area contributed by atoms with Gasteiger partial charge in [-0.3, -0.25) is 0 Å². The van der Waals surface area contributed by atoms with E-state index in [0.29, 0.717) is 0 Å². The molecule has 2 nitrogen and oxygen atoms in total. The molecule has 0 spiro atoms. The van der Waals surface area contributed by atoms with Gasteiger partial charge in [0.1, 0.15) is 11.2 Å². The van der Waals surface area contributed by atoms with Gasteiger partial charge in [0.15, 0.2) is 0 Å². The molecule has 2 aliphatic rings. The van der Waals surface area contributed by atoms with Crippen LogP contribution in [0.25, 0.3) is 65.7 Å². The highest BCUT2D eigenvalue weighted by Gasteiger charge is 2.45. The van der Waals surface area contributed by atoms with Crippen LogP contribution in [-0.2, 0) is 10.8 Å². The lowest BCUT2D eigenvalue weighted by Gasteiger charge is -2.46. The van der Waals surface area contributed by atoms with E-state index < -0.39 is 5.41 Å². The number of rotatable bonds is 5. The van der Waals surface area contributed by atoms with Gasteiger partial charge >= 0.3 is 0 Å². The van der Waals surface area contributed by atoms with Crippen molar-refractivity contribution in [3.8, 4) is 22.3 Å². The maximum Gasteiger partial charge on any atom is 0.143 e. The molecule has 8 aromatic carbocycles. The van der Waals surface area contributed by atoms with Crippen molar-refractivity contribution in [3.63, 3.8) is 0 Å². The fourth-order valence-electron chi connectivity index (χ4n) is 10.1. The van der Waals surface area contributed by atoms with E-state index in [4.69, 9.17) is 4.42 Å². The van der Waals surface area contributed by atoms with Gasteiger partial charge in [0.05, 0.1) is 6.04 Å². The Kier molecular flexibility index (Phi) is 7.13. The molecule has 268 valence electrons. The summed E-state index contributed by atoms with van der Waals surface area (Å²) in [5, 5.41) is 7.02. The Bertz CT molecular complexity index is 3100. The van der Waals surface area contributed by atoms with Crippen LogP contribution < -0.4 is 4.90 Å². The van der Waals surface area contributed by atoms with Crippen LogP contribution in [0.3, 0.4) is 0 Å². The van der Waals surface area contributed by atoms with Crippen molar-refractivity contribution >= 4 is 54.9 Å². The topological polar surface area (TPSA) is 16.4 Å². The van der Waals surface area contributed by atoms with Gasteiger partial charge < -0.3 is 9.32 Å². The molecule has 9 aromatic rings. The third-order valence-electron chi connectivity index (χ3n) is 12.8. The average molecular weight is 720 g/mol. The summed E-state index contributed by atoms with van der Waals surface area (Å²) in [6.07, 6.45) is 9.35. The molecule has 0 amide bonds. The van der Waals surface area contributed by atoms with Crippen molar-refractivity contribution in [2.45, 2.75) is 37.6 Å². The Morgan fingerprint density at radius 2 is 1.11 bits per heavy atom. The summed E-state index contributed by atoms with van der Waals surface area (Å²) in [6.45, 7) is 7.19.